The van der Waals surface area contributed by atoms with Crippen LogP contribution >= 0.6 is 0 Å². The van der Waals surface area contributed by atoms with Gasteiger partial charge >= 0.3 is 5.97 Å². The largest absolute Gasteiger partial charge is 0.469 e. The Labute approximate surface area is 92.0 Å². The number of nitrogens with one attached hydrogen (secondary N) is 1. The van der Waals surface area contributed by atoms with Crippen LogP contribution in [0.5, 0.6) is 0 Å². The van der Waals surface area contributed by atoms with Gasteiger partial charge in [-0.25, -0.2) is 0 Å². The van der Waals surface area contributed by atoms with E-state index in [1.54, 1.807) is 0 Å². The minimum absolute atomic E-state index is 0.0430. The molecule has 0 saturated heterocycles. The van der Waals surface area contributed by atoms with Crippen molar-refractivity contribution >= 4 is 5.97 Å². The molecule has 0 amide bonds. The second-order valence-electron chi connectivity index (χ2n) is 4.22. The number of hydrogen-bond acceptors (Lipinski definition) is 4. The van der Waals surface area contributed by atoms with E-state index in [9.17, 15) is 4.79 Å². The number of esters is 1. The highest BCUT2D eigenvalue weighted by molar-refractivity contribution is 5.72. The summed E-state index contributed by atoms with van der Waals surface area (Å²) in [6.45, 7) is 7.89. The molecule has 0 rings (SSSR count). The van der Waals surface area contributed by atoms with E-state index in [2.05, 4.69) is 10.1 Å². The van der Waals surface area contributed by atoms with Gasteiger partial charge in [-0.3, -0.25) is 4.79 Å². The lowest BCUT2D eigenvalue weighted by Gasteiger charge is -2.26. The van der Waals surface area contributed by atoms with E-state index in [4.69, 9.17) is 5.11 Å². The number of aliphatic hydroxyl groups excluding tert-OH is 1. The highest BCUT2D eigenvalue weighted by Gasteiger charge is 2.23. The number of ether oxygens (including phenoxy) is 1. The molecule has 0 radical (unpaired) electrons. The van der Waals surface area contributed by atoms with Crippen LogP contribution in [0.4, 0.5) is 0 Å². The fourth-order valence-electron chi connectivity index (χ4n) is 1.27. The van der Waals surface area contributed by atoms with Crippen molar-refractivity contribution in [2.24, 2.45) is 11.8 Å². The Morgan fingerprint density at radius 2 is 1.80 bits per heavy atom. The molecule has 0 fully saturated rings. The summed E-state index contributed by atoms with van der Waals surface area (Å²) in [7, 11) is 1.39. The van der Waals surface area contributed by atoms with Crippen molar-refractivity contribution in [1.82, 2.24) is 5.32 Å². The predicted octanol–water partition coefficient (Wildman–Crippen LogP) is 0.790. The molecule has 0 spiro atoms. The van der Waals surface area contributed by atoms with Gasteiger partial charge in [-0.1, -0.05) is 13.8 Å². The third-order valence-corrected chi connectivity index (χ3v) is 2.99. The van der Waals surface area contributed by atoms with Crippen LogP contribution in [-0.2, 0) is 9.53 Å². The van der Waals surface area contributed by atoms with E-state index in [1.165, 1.54) is 7.11 Å². The van der Waals surface area contributed by atoms with Gasteiger partial charge in [0.1, 0.15) is 0 Å². The zero-order valence-electron chi connectivity index (χ0n) is 10.3. The number of methoxy groups -OCH3 is 1. The smallest absolute Gasteiger partial charge is 0.309 e. The number of hydrogen-bond donors (Lipinski definition) is 2. The second-order valence-corrected chi connectivity index (χ2v) is 4.22. The molecular formula is C11H23NO3. The van der Waals surface area contributed by atoms with Crippen LogP contribution in [0.1, 0.15) is 27.7 Å². The summed E-state index contributed by atoms with van der Waals surface area (Å²) in [5.41, 5.74) is 0. The summed E-state index contributed by atoms with van der Waals surface area (Å²) < 4.78 is 4.67. The number of rotatable bonds is 6. The van der Waals surface area contributed by atoms with Gasteiger partial charge in [0.15, 0.2) is 0 Å². The van der Waals surface area contributed by atoms with Gasteiger partial charge in [0.05, 0.1) is 13.0 Å². The second kappa shape index (κ2) is 6.80. The molecule has 15 heavy (non-hydrogen) atoms. The maximum Gasteiger partial charge on any atom is 0.309 e. The van der Waals surface area contributed by atoms with E-state index in [0.717, 1.165) is 0 Å². The summed E-state index contributed by atoms with van der Waals surface area (Å²) in [6, 6.07) is 0.221. The monoisotopic (exact) mass is 217 g/mol. The summed E-state index contributed by atoms with van der Waals surface area (Å²) in [4.78, 5) is 11.3. The molecule has 0 aliphatic carbocycles. The number of carbonyl (C=O) groups is 1. The van der Waals surface area contributed by atoms with Gasteiger partial charge in [-0.15, -0.1) is 0 Å². The van der Waals surface area contributed by atoms with E-state index in [0.29, 0.717) is 0 Å². The van der Waals surface area contributed by atoms with Gasteiger partial charge in [-0.05, 0) is 19.8 Å². The Kier molecular flexibility index (Phi) is 6.52. The Morgan fingerprint density at radius 1 is 1.27 bits per heavy atom. The van der Waals surface area contributed by atoms with Crippen molar-refractivity contribution < 1.29 is 14.6 Å². The molecule has 4 atom stereocenters. The number of carbonyl (C=O) groups excluding carboxylic acids is 1. The number of aliphatic hydroxyl groups is 1. The van der Waals surface area contributed by atoms with E-state index in [-0.39, 0.29) is 36.5 Å². The SMILES string of the molecule is COC(=O)C(C)C(C)NC(C)C(C)CO. The van der Waals surface area contributed by atoms with Gasteiger partial charge in [0, 0.05) is 18.7 Å². The fourth-order valence-corrected chi connectivity index (χ4v) is 1.27. The Balaban J connectivity index is 4.11. The van der Waals surface area contributed by atoms with Crippen molar-refractivity contribution in [3.8, 4) is 0 Å². The summed E-state index contributed by atoms with van der Waals surface area (Å²) >= 11 is 0. The quantitative estimate of drug-likeness (QED) is 0.646. The predicted molar refractivity (Wildman–Crippen MR) is 59.5 cm³/mol. The van der Waals surface area contributed by atoms with Crippen molar-refractivity contribution in [2.45, 2.75) is 39.8 Å². The van der Waals surface area contributed by atoms with Crippen molar-refractivity contribution in [2.75, 3.05) is 13.7 Å². The molecule has 0 aliphatic heterocycles. The molecule has 4 heteroatoms. The van der Waals surface area contributed by atoms with Crippen molar-refractivity contribution in [3.05, 3.63) is 0 Å². The van der Waals surface area contributed by atoms with Gasteiger partial charge in [-0.2, -0.15) is 0 Å². The molecule has 0 aromatic heterocycles. The Morgan fingerprint density at radius 3 is 2.20 bits per heavy atom. The minimum atomic E-state index is -0.209. The average Bonchev–Trinajstić information content (AvgIpc) is 2.25. The maximum atomic E-state index is 11.3. The van der Waals surface area contributed by atoms with Crippen LogP contribution in [-0.4, -0.2) is 36.9 Å². The first kappa shape index (κ1) is 14.4. The first-order valence-electron chi connectivity index (χ1n) is 5.38. The highest BCUT2D eigenvalue weighted by atomic mass is 16.5. The molecular weight excluding hydrogens is 194 g/mol. The molecule has 90 valence electrons. The topological polar surface area (TPSA) is 58.6 Å². The Hall–Kier alpha value is -0.610. The highest BCUT2D eigenvalue weighted by Crippen LogP contribution is 2.08. The molecule has 4 unspecified atom stereocenters. The van der Waals surface area contributed by atoms with E-state index < -0.39 is 0 Å². The van der Waals surface area contributed by atoms with Gasteiger partial charge in [0.25, 0.3) is 0 Å². The van der Waals surface area contributed by atoms with Crippen LogP contribution in [0, 0.1) is 11.8 Å². The molecule has 2 N–H and O–H groups in total. The third kappa shape index (κ3) is 4.62. The van der Waals surface area contributed by atoms with Gasteiger partial charge < -0.3 is 15.2 Å². The molecule has 0 bridgehead atoms. The molecule has 0 aliphatic rings. The summed E-state index contributed by atoms with van der Waals surface area (Å²) in [6.07, 6.45) is 0. The standard InChI is InChI=1S/C11H23NO3/c1-7(6-13)9(3)12-10(4)8(2)11(14)15-5/h7-10,12-13H,6H2,1-5H3. The average molecular weight is 217 g/mol. The fraction of sp³-hybridized carbons (Fsp3) is 0.909. The van der Waals surface area contributed by atoms with Crippen LogP contribution < -0.4 is 5.32 Å². The molecule has 0 heterocycles. The maximum absolute atomic E-state index is 11.3. The molecule has 4 nitrogen and oxygen atoms in total. The zero-order chi connectivity index (χ0) is 12.0. The minimum Gasteiger partial charge on any atom is -0.469 e. The third-order valence-electron chi connectivity index (χ3n) is 2.99. The zero-order valence-corrected chi connectivity index (χ0v) is 10.3. The van der Waals surface area contributed by atoms with Crippen molar-refractivity contribution in [1.29, 1.82) is 0 Å². The van der Waals surface area contributed by atoms with Crippen LogP contribution in [0.15, 0.2) is 0 Å². The first-order chi connectivity index (χ1) is 6.93. The summed E-state index contributed by atoms with van der Waals surface area (Å²) in [5.74, 6) is -0.209. The van der Waals surface area contributed by atoms with Crippen LogP contribution in [0.2, 0.25) is 0 Å². The van der Waals surface area contributed by atoms with Gasteiger partial charge in [0.2, 0.25) is 0 Å². The lowest BCUT2D eigenvalue weighted by molar-refractivity contribution is -0.145. The van der Waals surface area contributed by atoms with Crippen LogP contribution in [0.25, 0.3) is 0 Å². The molecule has 0 aromatic carbocycles. The lowest BCUT2D eigenvalue weighted by atomic mass is 9.99. The molecule has 0 saturated carbocycles. The van der Waals surface area contributed by atoms with E-state index in [1.807, 2.05) is 27.7 Å². The molecule has 0 aromatic rings. The van der Waals surface area contributed by atoms with E-state index >= 15 is 0 Å². The summed E-state index contributed by atoms with van der Waals surface area (Å²) in [5, 5.41) is 12.3. The first-order valence-corrected chi connectivity index (χ1v) is 5.38. The van der Waals surface area contributed by atoms with Crippen LogP contribution in [0.3, 0.4) is 0 Å². The normalized spacial score (nSPS) is 19.1. The van der Waals surface area contributed by atoms with Crippen molar-refractivity contribution in [3.63, 3.8) is 0 Å². The Bertz CT molecular complexity index is 196. The lowest BCUT2D eigenvalue weighted by Crippen LogP contribution is -2.44.